The van der Waals surface area contributed by atoms with E-state index in [2.05, 4.69) is 5.32 Å². The molecule has 6 heteroatoms. The number of carbonyl (C=O) groups is 2. The summed E-state index contributed by atoms with van der Waals surface area (Å²) in [6.45, 7) is 0.583. The molecule has 1 N–H and O–H groups in total. The molecular formula is C19H20N2O4. The Morgan fingerprint density at radius 1 is 1.16 bits per heavy atom. The molecule has 0 saturated heterocycles. The summed E-state index contributed by atoms with van der Waals surface area (Å²) in [7, 11) is 2.96. The number of amides is 1. The van der Waals surface area contributed by atoms with Crippen molar-refractivity contribution in [1.29, 1.82) is 0 Å². The number of carbonyl (C=O) groups excluding carboxylic acids is 2. The Labute approximate surface area is 146 Å². The lowest BCUT2D eigenvalue weighted by Gasteiger charge is -2.19. The van der Waals surface area contributed by atoms with E-state index in [0.717, 1.165) is 11.3 Å². The molecular weight excluding hydrogens is 320 g/mol. The van der Waals surface area contributed by atoms with Crippen LogP contribution in [0.3, 0.4) is 0 Å². The van der Waals surface area contributed by atoms with Crippen LogP contribution in [-0.4, -0.2) is 39.2 Å². The average molecular weight is 340 g/mol. The molecule has 1 heterocycles. The van der Waals surface area contributed by atoms with E-state index in [1.54, 1.807) is 19.2 Å². The van der Waals surface area contributed by atoms with E-state index in [-0.39, 0.29) is 24.3 Å². The third kappa shape index (κ3) is 3.57. The van der Waals surface area contributed by atoms with E-state index < -0.39 is 0 Å². The van der Waals surface area contributed by atoms with Gasteiger partial charge in [-0.1, -0.05) is 24.3 Å². The average Bonchev–Trinajstić information content (AvgIpc) is 3.00. The first-order chi connectivity index (χ1) is 12.1. The highest BCUT2D eigenvalue weighted by Crippen LogP contribution is 2.36. The number of fused-ring (bicyclic) bond motifs is 1. The van der Waals surface area contributed by atoms with E-state index in [1.807, 2.05) is 41.3 Å². The van der Waals surface area contributed by atoms with Gasteiger partial charge in [0.05, 0.1) is 20.8 Å². The number of nitrogens with one attached hydrogen (secondary N) is 1. The minimum Gasteiger partial charge on any atom is -0.497 e. The highest BCUT2D eigenvalue weighted by atomic mass is 16.5. The second kappa shape index (κ2) is 7.25. The number of nitrogens with zero attached hydrogens (tertiary/aromatic N) is 1. The lowest BCUT2D eigenvalue weighted by Crippen LogP contribution is -2.33. The quantitative estimate of drug-likeness (QED) is 0.847. The molecule has 0 unspecified atom stereocenters. The fraction of sp³-hybridized carbons (Fsp3) is 0.263. The second-order valence-corrected chi connectivity index (χ2v) is 5.80. The Balaban J connectivity index is 1.72. The zero-order valence-corrected chi connectivity index (χ0v) is 14.2. The zero-order chi connectivity index (χ0) is 17.8. The van der Waals surface area contributed by atoms with Gasteiger partial charge in [0.1, 0.15) is 11.7 Å². The maximum Gasteiger partial charge on any atom is 0.315 e. The van der Waals surface area contributed by atoms with Crippen molar-refractivity contribution >= 4 is 23.3 Å². The third-order valence-electron chi connectivity index (χ3n) is 4.23. The number of anilines is 2. The molecule has 1 aliphatic heterocycles. The first kappa shape index (κ1) is 16.8. The molecule has 6 nitrogen and oxygen atoms in total. The summed E-state index contributed by atoms with van der Waals surface area (Å²) in [6, 6.07) is 14.8. The summed E-state index contributed by atoms with van der Waals surface area (Å²) >= 11 is 0. The molecule has 1 atom stereocenters. The number of hydrogen-bond acceptors (Lipinski definition) is 5. The zero-order valence-electron chi connectivity index (χ0n) is 14.2. The Morgan fingerprint density at radius 2 is 1.96 bits per heavy atom. The van der Waals surface area contributed by atoms with Crippen molar-refractivity contribution in [2.45, 2.75) is 5.92 Å². The second-order valence-electron chi connectivity index (χ2n) is 5.80. The SMILES string of the molecule is COC(=O)[C@@H]1CN(CC(=O)Nc2cccc(OC)c2)c2ccccc21. The maximum absolute atomic E-state index is 12.4. The number of benzene rings is 2. The molecule has 1 aliphatic rings. The number of ether oxygens (including phenoxy) is 2. The lowest BCUT2D eigenvalue weighted by atomic mass is 10.0. The number of hydrogen-bond donors (Lipinski definition) is 1. The van der Waals surface area contributed by atoms with Gasteiger partial charge in [0.15, 0.2) is 0 Å². The van der Waals surface area contributed by atoms with Gasteiger partial charge >= 0.3 is 5.97 Å². The topological polar surface area (TPSA) is 67.9 Å². The van der Waals surface area contributed by atoms with E-state index in [4.69, 9.17) is 9.47 Å². The van der Waals surface area contributed by atoms with Crippen LogP contribution in [0.15, 0.2) is 48.5 Å². The summed E-state index contributed by atoms with van der Waals surface area (Å²) in [5, 5.41) is 2.86. The number of para-hydroxylation sites is 1. The Morgan fingerprint density at radius 3 is 2.72 bits per heavy atom. The van der Waals surface area contributed by atoms with Crippen molar-refractivity contribution in [3.63, 3.8) is 0 Å². The van der Waals surface area contributed by atoms with Crippen LogP contribution in [0.4, 0.5) is 11.4 Å². The molecule has 25 heavy (non-hydrogen) atoms. The first-order valence-corrected chi connectivity index (χ1v) is 7.98. The molecule has 130 valence electrons. The van der Waals surface area contributed by atoms with Crippen LogP contribution < -0.4 is 15.0 Å². The highest BCUT2D eigenvalue weighted by Gasteiger charge is 2.34. The highest BCUT2D eigenvalue weighted by molar-refractivity contribution is 5.95. The molecule has 2 aromatic carbocycles. The van der Waals surface area contributed by atoms with Gasteiger partial charge < -0.3 is 19.7 Å². The maximum atomic E-state index is 12.4. The van der Waals surface area contributed by atoms with E-state index >= 15 is 0 Å². The molecule has 0 fully saturated rings. The normalized spacial score (nSPS) is 15.4. The fourth-order valence-corrected chi connectivity index (χ4v) is 3.06. The van der Waals surface area contributed by atoms with E-state index in [9.17, 15) is 9.59 Å². The van der Waals surface area contributed by atoms with Gasteiger partial charge in [-0.15, -0.1) is 0 Å². The Hall–Kier alpha value is -3.02. The summed E-state index contributed by atoms with van der Waals surface area (Å²) in [5.41, 5.74) is 2.45. The molecule has 0 radical (unpaired) electrons. The smallest absolute Gasteiger partial charge is 0.315 e. The van der Waals surface area contributed by atoms with Crippen molar-refractivity contribution in [2.75, 3.05) is 37.5 Å². The van der Waals surface area contributed by atoms with Crippen LogP contribution in [0.25, 0.3) is 0 Å². The largest absolute Gasteiger partial charge is 0.497 e. The lowest BCUT2D eigenvalue weighted by molar-refractivity contribution is -0.142. The predicted octanol–water partition coefficient (Wildman–Crippen LogP) is 2.41. The van der Waals surface area contributed by atoms with Crippen LogP contribution in [0, 0.1) is 0 Å². The molecule has 0 aliphatic carbocycles. The monoisotopic (exact) mass is 340 g/mol. The minimum absolute atomic E-state index is 0.154. The van der Waals surface area contributed by atoms with Crippen LogP contribution in [0.2, 0.25) is 0 Å². The Kier molecular flexibility index (Phi) is 4.88. The third-order valence-corrected chi connectivity index (χ3v) is 4.23. The summed E-state index contributed by atoms with van der Waals surface area (Å²) in [6.07, 6.45) is 0. The van der Waals surface area contributed by atoms with Gasteiger partial charge in [-0.05, 0) is 23.8 Å². The van der Waals surface area contributed by atoms with Crippen LogP contribution >= 0.6 is 0 Å². The van der Waals surface area contributed by atoms with Gasteiger partial charge in [-0.2, -0.15) is 0 Å². The minimum atomic E-state index is -0.370. The molecule has 1 amide bonds. The van der Waals surface area contributed by atoms with Crippen LogP contribution in [0.5, 0.6) is 5.75 Å². The van der Waals surface area contributed by atoms with Crippen LogP contribution in [-0.2, 0) is 14.3 Å². The van der Waals surface area contributed by atoms with Crippen molar-refractivity contribution in [3.8, 4) is 5.75 Å². The molecule has 0 saturated carbocycles. The molecule has 0 aromatic heterocycles. The Bertz CT molecular complexity index is 790. The number of methoxy groups -OCH3 is 2. The van der Waals surface area contributed by atoms with Gasteiger partial charge in [0, 0.05) is 24.0 Å². The fourth-order valence-electron chi connectivity index (χ4n) is 3.06. The van der Waals surface area contributed by atoms with Gasteiger partial charge in [-0.3, -0.25) is 9.59 Å². The number of esters is 1. The van der Waals surface area contributed by atoms with Crippen molar-refractivity contribution in [3.05, 3.63) is 54.1 Å². The molecule has 0 bridgehead atoms. The van der Waals surface area contributed by atoms with E-state index in [0.29, 0.717) is 18.0 Å². The van der Waals surface area contributed by atoms with Crippen molar-refractivity contribution in [1.82, 2.24) is 0 Å². The first-order valence-electron chi connectivity index (χ1n) is 7.98. The van der Waals surface area contributed by atoms with Crippen molar-refractivity contribution < 1.29 is 19.1 Å². The molecule has 2 aromatic rings. The summed E-state index contributed by atoms with van der Waals surface area (Å²) in [4.78, 5) is 26.3. The molecule has 0 spiro atoms. The number of rotatable bonds is 5. The van der Waals surface area contributed by atoms with Gasteiger partial charge in [0.2, 0.25) is 5.91 Å². The summed E-state index contributed by atoms with van der Waals surface area (Å²) in [5.74, 6) is -0.141. The van der Waals surface area contributed by atoms with Gasteiger partial charge in [-0.25, -0.2) is 0 Å². The van der Waals surface area contributed by atoms with Gasteiger partial charge in [0.25, 0.3) is 0 Å². The molecule has 3 rings (SSSR count). The standard InChI is InChI=1S/C19H20N2O4/c1-24-14-7-5-6-13(10-14)20-18(22)12-21-11-16(19(23)25-2)15-8-3-4-9-17(15)21/h3-10,16H,11-12H2,1-2H3,(H,20,22)/t16-/m1/s1. The van der Waals surface area contributed by atoms with E-state index in [1.165, 1.54) is 7.11 Å². The predicted molar refractivity (Wildman–Crippen MR) is 95.0 cm³/mol. The summed E-state index contributed by atoms with van der Waals surface area (Å²) < 4.78 is 10.0. The van der Waals surface area contributed by atoms with Crippen LogP contribution in [0.1, 0.15) is 11.5 Å². The van der Waals surface area contributed by atoms with Crippen molar-refractivity contribution in [2.24, 2.45) is 0 Å².